The first-order valence-electron chi connectivity index (χ1n) is 7.42. The number of nitro benzene ring substituents is 1. The molecule has 0 bridgehead atoms. The van der Waals surface area contributed by atoms with Gasteiger partial charge in [0.15, 0.2) is 0 Å². The van der Waals surface area contributed by atoms with Gasteiger partial charge in [0, 0.05) is 22.2 Å². The predicted molar refractivity (Wildman–Crippen MR) is 96.2 cm³/mol. The van der Waals surface area contributed by atoms with Gasteiger partial charge in [-0.15, -0.1) is 0 Å². The molecule has 1 heterocycles. The van der Waals surface area contributed by atoms with Crippen molar-refractivity contribution in [2.24, 2.45) is 0 Å². The van der Waals surface area contributed by atoms with E-state index in [9.17, 15) is 19.7 Å². The van der Waals surface area contributed by atoms with Crippen LogP contribution in [0.1, 0.15) is 11.1 Å². The van der Waals surface area contributed by atoms with Crippen LogP contribution in [0.15, 0.2) is 52.6 Å². The Labute approximate surface area is 156 Å². The van der Waals surface area contributed by atoms with Gasteiger partial charge in [-0.2, -0.15) is 0 Å². The SMILES string of the molecule is O=C1NC(=O)C(=Cc2cc(Br)ccc2OCc2ccc([N+](=O)[O-])cc2)N1. The van der Waals surface area contributed by atoms with Crippen LogP contribution in [-0.4, -0.2) is 16.9 Å². The molecule has 0 radical (unpaired) electrons. The molecule has 0 saturated carbocycles. The van der Waals surface area contributed by atoms with Crippen molar-refractivity contribution in [1.29, 1.82) is 0 Å². The summed E-state index contributed by atoms with van der Waals surface area (Å²) in [5.41, 5.74) is 1.47. The molecule has 1 fully saturated rings. The van der Waals surface area contributed by atoms with Gasteiger partial charge in [-0.1, -0.05) is 15.9 Å². The molecule has 0 unspecified atom stereocenters. The van der Waals surface area contributed by atoms with Crippen LogP contribution in [0.3, 0.4) is 0 Å². The maximum Gasteiger partial charge on any atom is 0.326 e. The van der Waals surface area contributed by atoms with Gasteiger partial charge < -0.3 is 10.1 Å². The fourth-order valence-corrected chi connectivity index (χ4v) is 2.66. The van der Waals surface area contributed by atoms with Gasteiger partial charge in [0.25, 0.3) is 11.6 Å². The number of non-ortho nitro benzene ring substituents is 1. The number of nitrogens with one attached hydrogen (secondary N) is 2. The number of nitro groups is 1. The average molecular weight is 418 g/mol. The molecule has 9 heteroatoms. The number of rotatable bonds is 5. The lowest BCUT2D eigenvalue weighted by Crippen LogP contribution is -2.22. The fourth-order valence-electron chi connectivity index (χ4n) is 2.28. The van der Waals surface area contributed by atoms with Crippen LogP contribution in [0.2, 0.25) is 0 Å². The molecule has 0 aromatic heterocycles. The number of amides is 3. The highest BCUT2D eigenvalue weighted by Gasteiger charge is 2.23. The minimum atomic E-state index is -0.579. The van der Waals surface area contributed by atoms with Gasteiger partial charge in [0.05, 0.1) is 4.92 Å². The molecule has 1 aliphatic rings. The Balaban J connectivity index is 1.80. The van der Waals surface area contributed by atoms with E-state index in [1.54, 1.807) is 30.3 Å². The maximum absolute atomic E-state index is 11.7. The summed E-state index contributed by atoms with van der Waals surface area (Å²) in [7, 11) is 0. The Kier molecular flexibility index (Phi) is 4.99. The molecule has 1 aliphatic heterocycles. The number of hydrogen-bond acceptors (Lipinski definition) is 5. The van der Waals surface area contributed by atoms with Crippen molar-refractivity contribution in [1.82, 2.24) is 10.6 Å². The van der Waals surface area contributed by atoms with E-state index in [0.29, 0.717) is 11.3 Å². The van der Waals surface area contributed by atoms with Crippen LogP contribution >= 0.6 is 15.9 Å². The zero-order chi connectivity index (χ0) is 18.7. The number of halogens is 1. The average Bonchev–Trinajstić information content (AvgIpc) is 2.92. The molecule has 0 atom stereocenters. The van der Waals surface area contributed by atoms with E-state index in [2.05, 4.69) is 26.6 Å². The summed E-state index contributed by atoms with van der Waals surface area (Å²) in [6.45, 7) is 0.189. The molecular formula is C17H12BrN3O5. The van der Waals surface area contributed by atoms with Crippen LogP contribution in [0, 0.1) is 10.1 Å². The Morgan fingerprint density at radius 3 is 2.46 bits per heavy atom. The van der Waals surface area contributed by atoms with E-state index in [4.69, 9.17) is 4.74 Å². The molecule has 26 heavy (non-hydrogen) atoms. The van der Waals surface area contributed by atoms with Gasteiger partial charge in [0.2, 0.25) is 0 Å². The van der Waals surface area contributed by atoms with Crippen LogP contribution in [0.4, 0.5) is 10.5 Å². The molecule has 3 rings (SSSR count). The van der Waals surface area contributed by atoms with Crippen LogP contribution < -0.4 is 15.4 Å². The Bertz CT molecular complexity index is 924. The highest BCUT2D eigenvalue weighted by molar-refractivity contribution is 9.10. The third-order valence-electron chi connectivity index (χ3n) is 3.53. The normalized spacial score (nSPS) is 14.9. The first-order chi connectivity index (χ1) is 12.4. The first kappa shape index (κ1) is 17.6. The van der Waals surface area contributed by atoms with E-state index in [0.717, 1.165) is 10.0 Å². The van der Waals surface area contributed by atoms with Gasteiger partial charge in [-0.05, 0) is 42.0 Å². The van der Waals surface area contributed by atoms with E-state index in [-0.39, 0.29) is 18.0 Å². The fraction of sp³-hybridized carbons (Fsp3) is 0.0588. The van der Waals surface area contributed by atoms with E-state index >= 15 is 0 Å². The summed E-state index contributed by atoms with van der Waals surface area (Å²) in [4.78, 5) is 33.1. The number of urea groups is 1. The van der Waals surface area contributed by atoms with Crippen LogP contribution in [-0.2, 0) is 11.4 Å². The summed E-state index contributed by atoms with van der Waals surface area (Å²) in [6.07, 6.45) is 1.51. The minimum Gasteiger partial charge on any atom is -0.488 e. The van der Waals surface area contributed by atoms with Gasteiger partial charge in [-0.3, -0.25) is 20.2 Å². The van der Waals surface area contributed by atoms with E-state index in [1.165, 1.54) is 18.2 Å². The summed E-state index contributed by atoms with van der Waals surface area (Å²) < 4.78 is 6.55. The number of nitrogens with zero attached hydrogens (tertiary/aromatic N) is 1. The molecule has 2 aromatic rings. The number of imide groups is 1. The second-order valence-corrected chi connectivity index (χ2v) is 6.28. The smallest absolute Gasteiger partial charge is 0.326 e. The third kappa shape index (κ3) is 4.06. The topological polar surface area (TPSA) is 111 Å². The molecule has 0 spiro atoms. The summed E-state index contributed by atoms with van der Waals surface area (Å²) in [6, 6.07) is 10.7. The second kappa shape index (κ2) is 7.36. The van der Waals surface area contributed by atoms with Crippen LogP contribution in [0.25, 0.3) is 6.08 Å². The van der Waals surface area contributed by atoms with Crippen molar-refractivity contribution in [3.8, 4) is 5.75 Å². The lowest BCUT2D eigenvalue weighted by atomic mass is 10.1. The van der Waals surface area contributed by atoms with Gasteiger partial charge in [-0.25, -0.2) is 4.79 Å². The zero-order valence-electron chi connectivity index (χ0n) is 13.2. The quantitative estimate of drug-likeness (QED) is 0.336. The van der Waals surface area contributed by atoms with Crippen LogP contribution in [0.5, 0.6) is 5.75 Å². The molecule has 2 aromatic carbocycles. The number of carbonyl (C=O) groups excluding carboxylic acids is 2. The minimum absolute atomic E-state index is 0.00537. The van der Waals surface area contributed by atoms with Crippen molar-refractivity contribution < 1.29 is 19.2 Å². The molecule has 132 valence electrons. The predicted octanol–water partition coefficient (Wildman–Crippen LogP) is 3.12. The summed E-state index contributed by atoms with van der Waals surface area (Å²) in [5.74, 6) is -0.0238. The molecule has 0 aliphatic carbocycles. The van der Waals surface area contributed by atoms with Crippen molar-refractivity contribution in [3.63, 3.8) is 0 Å². The number of benzene rings is 2. The van der Waals surface area contributed by atoms with E-state index in [1.807, 2.05) is 0 Å². The molecule has 2 N–H and O–H groups in total. The molecule has 1 saturated heterocycles. The highest BCUT2D eigenvalue weighted by atomic mass is 79.9. The molecule has 8 nitrogen and oxygen atoms in total. The number of carbonyl (C=O) groups is 2. The van der Waals surface area contributed by atoms with Gasteiger partial charge >= 0.3 is 6.03 Å². The van der Waals surface area contributed by atoms with Gasteiger partial charge in [0.1, 0.15) is 18.1 Å². The Hall–Kier alpha value is -3.20. The lowest BCUT2D eigenvalue weighted by Gasteiger charge is -2.10. The van der Waals surface area contributed by atoms with Crippen molar-refractivity contribution in [2.75, 3.05) is 0 Å². The van der Waals surface area contributed by atoms with Crippen molar-refractivity contribution >= 4 is 39.6 Å². The second-order valence-electron chi connectivity index (χ2n) is 5.36. The summed E-state index contributed by atoms with van der Waals surface area (Å²) >= 11 is 3.35. The number of ether oxygens (including phenoxy) is 1. The summed E-state index contributed by atoms with van der Waals surface area (Å²) in [5, 5.41) is 15.2. The number of hydrogen-bond donors (Lipinski definition) is 2. The first-order valence-corrected chi connectivity index (χ1v) is 8.21. The Morgan fingerprint density at radius 2 is 1.85 bits per heavy atom. The molecule has 3 amide bonds. The maximum atomic E-state index is 11.7. The Morgan fingerprint density at radius 1 is 1.12 bits per heavy atom. The third-order valence-corrected chi connectivity index (χ3v) is 4.03. The van der Waals surface area contributed by atoms with Crippen molar-refractivity contribution in [2.45, 2.75) is 6.61 Å². The zero-order valence-corrected chi connectivity index (χ0v) is 14.8. The largest absolute Gasteiger partial charge is 0.488 e. The standard InChI is InChI=1S/C17H12BrN3O5/c18-12-3-6-15(11(7-12)8-14-16(22)20-17(23)19-14)26-9-10-1-4-13(5-2-10)21(24)25/h1-8H,9H2,(H2,19,20,22,23). The molecular weight excluding hydrogens is 406 g/mol. The monoisotopic (exact) mass is 417 g/mol. The van der Waals surface area contributed by atoms with E-state index < -0.39 is 16.9 Å². The lowest BCUT2D eigenvalue weighted by molar-refractivity contribution is -0.384. The highest BCUT2D eigenvalue weighted by Crippen LogP contribution is 2.27. The van der Waals surface area contributed by atoms with Crippen molar-refractivity contribution in [3.05, 3.63) is 73.9 Å².